The predicted octanol–water partition coefficient (Wildman–Crippen LogP) is 2.11. The highest BCUT2D eigenvalue weighted by Crippen LogP contribution is 2.06. The van der Waals surface area contributed by atoms with Crippen LogP contribution in [0.3, 0.4) is 0 Å². The molecule has 0 spiro atoms. The number of carbonyl (C=O) groups excluding carboxylic acids is 1. The van der Waals surface area contributed by atoms with E-state index >= 15 is 0 Å². The van der Waals surface area contributed by atoms with Crippen LogP contribution in [0.5, 0.6) is 0 Å². The van der Waals surface area contributed by atoms with Crippen molar-refractivity contribution in [2.75, 3.05) is 20.1 Å². The van der Waals surface area contributed by atoms with Crippen molar-refractivity contribution in [3.63, 3.8) is 0 Å². The molecule has 6 nitrogen and oxygen atoms in total. The van der Waals surface area contributed by atoms with Gasteiger partial charge in [0.25, 0.3) is 0 Å². The summed E-state index contributed by atoms with van der Waals surface area (Å²) >= 11 is 0. The molecule has 3 N–H and O–H groups in total. The number of rotatable bonds is 6. The fourth-order valence-corrected chi connectivity index (χ4v) is 1.38. The molecule has 124 valence electrons. The summed E-state index contributed by atoms with van der Waals surface area (Å²) in [5.41, 5.74) is -0.457. The first-order chi connectivity index (χ1) is 9.65. The largest absolute Gasteiger partial charge is 0.444 e. The molecule has 21 heavy (non-hydrogen) atoms. The molecule has 0 saturated carbocycles. The zero-order valence-corrected chi connectivity index (χ0v) is 14.5. The van der Waals surface area contributed by atoms with E-state index in [1.165, 1.54) is 0 Å². The van der Waals surface area contributed by atoms with E-state index in [0.717, 1.165) is 18.9 Å². The Hall–Kier alpha value is -1.46. The van der Waals surface area contributed by atoms with Gasteiger partial charge in [0.15, 0.2) is 5.96 Å². The average molecular weight is 300 g/mol. The Morgan fingerprint density at radius 1 is 1.14 bits per heavy atom. The molecule has 0 aliphatic rings. The second-order valence-electron chi connectivity index (χ2n) is 6.46. The van der Waals surface area contributed by atoms with Gasteiger partial charge in [-0.05, 0) is 40.0 Å². The quantitative estimate of drug-likeness (QED) is 0.399. The predicted molar refractivity (Wildman–Crippen MR) is 87.7 cm³/mol. The highest BCUT2D eigenvalue weighted by atomic mass is 16.6. The molecule has 0 bridgehead atoms. The third-order valence-electron chi connectivity index (χ3n) is 2.90. The number of guanidine groups is 1. The highest BCUT2D eigenvalue weighted by Gasteiger charge is 2.15. The Bertz CT molecular complexity index is 335. The molecule has 0 aliphatic carbocycles. The maximum Gasteiger partial charge on any atom is 0.407 e. The topological polar surface area (TPSA) is 74.8 Å². The van der Waals surface area contributed by atoms with Gasteiger partial charge in [-0.15, -0.1) is 0 Å². The molecule has 0 aromatic heterocycles. The van der Waals surface area contributed by atoms with Crippen LogP contribution in [0.1, 0.15) is 48.0 Å². The lowest BCUT2D eigenvalue weighted by atomic mass is 10.1. The number of nitrogens with one attached hydrogen (secondary N) is 3. The van der Waals surface area contributed by atoms with Gasteiger partial charge < -0.3 is 20.7 Å². The minimum absolute atomic E-state index is 0.357. The summed E-state index contributed by atoms with van der Waals surface area (Å²) in [4.78, 5) is 15.6. The number of ether oxygens (including phenoxy) is 1. The number of hydrogen-bond donors (Lipinski definition) is 3. The molecule has 6 heteroatoms. The highest BCUT2D eigenvalue weighted by molar-refractivity contribution is 5.79. The van der Waals surface area contributed by atoms with Crippen molar-refractivity contribution >= 4 is 12.1 Å². The SMILES string of the molecule is CN=C(NCCCNC(=O)OC(C)(C)C)NC(C)C(C)C. The van der Waals surface area contributed by atoms with E-state index in [0.29, 0.717) is 18.5 Å². The lowest BCUT2D eigenvalue weighted by Gasteiger charge is -2.21. The van der Waals surface area contributed by atoms with E-state index in [1.807, 2.05) is 20.8 Å². The van der Waals surface area contributed by atoms with Crippen LogP contribution in [0.2, 0.25) is 0 Å². The minimum Gasteiger partial charge on any atom is -0.444 e. The first kappa shape index (κ1) is 19.5. The van der Waals surface area contributed by atoms with E-state index in [4.69, 9.17) is 4.74 Å². The first-order valence-corrected chi connectivity index (χ1v) is 7.59. The molecular formula is C15H32N4O2. The van der Waals surface area contributed by atoms with Gasteiger partial charge in [0.1, 0.15) is 5.60 Å². The van der Waals surface area contributed by atoms with Crippen molar-refractivity contribution < 1.29 is 9.53 Å². The van der Waals surface area contributed by atoms with Gasteiger partial charge in [-0.25, -0.2) is 4.79 Å². The molecule has 0 aromatic rings. The van der Waals surface area contributed by atoms with E-state index in [9.17, 15) is 4.79 Å². The zero-order valence-electron chi connectivity index (χ0n) is 14.5. The maximum absolute atomic E-state index is 11.4. The average Bonchev–Trinajstić information content (AvgIpc) is 2.34. The summed E-state index contributed by atoms with van der Waals surface area (Å²) in [5, 5.41) is 9.28. The lowest BCUT2D eigenvalue weighted by molar-refractivity contribution is 0.0527. The van der Waals surface area contributed by atoms with Crippen LogP contribution in [-0.2, 0) is 4.74 Å². The number of aliphatic imine (C=N–C) groups is 1. The Kier molecular flexibility index (Phi) is 8.81. The molecule has 1 atom stereocenters. The summed E-state index contributed by atoms with van der Waals surface area (Å²) in [6.45, 7) is 13.3. The molecule has 0 heterocycles. The standard InChI is InChI=1S/C15H32N4O2/c1-11(2)12(3)19-13(16-7)17-9-8-10-18-14(20)21-15(4,5)6/h11-12H,8-10H2,1-7H3,(H,18,20)(H2,16,17,19). The van der Waals surface area contributed by atoms with Crippen LogP contribution in [-0.4, -0.2) is 43.8 Å². The molecule has 0 fully saturated rings. The third kappa shape index (κ3) is 10.9. The Balaban J connectivity index is 3.81. The van der Waals surface area contributed by atoms with Crippen molar-refractivity contribution in [1.29, 1.82) is 0 Å². The van der Waals surface area contributed by atoms with Gasteiger partial charge in [0, 0.05) is 26.2 Å². The van der Waals surface area contributed by atoms with Gasteiger partial charge in [0.05, 0.1) is 0 Å². The molecule has 1 unspecified atom stereocenters. The normalized spacial score (nSPS) is 13.8. The molecule has 0 saturated heterocycles. The summed E-state index contributed by atoms with van der Waals surface area (Å²) in [6, 6.07) is 0.357. The van der Waals surface area contributed by atoms with Crippen molar-refractivity contribution in [1.82, 2.24) is 16.0 Å². The maximum atomic E-state index is 11.4. The zero-order chi connectivity index (χ0) is 16.5. The van der Waals surface area contributed by atoms with Crippen LogP contribution >= 0.6 is 0 Å². The van der Waals surface area contributed by atoms with Gasteiger partial charge in [0.2, 0.25) is 0 Å². The van der Waals surface area contributed by atoms with E-state index in [-0.39, 0.29) is 6.09 Å². The Morgan fingerprint density at radius 3 is 2.19 bits per heavy atom. The van der Waals surface area contributed by atoms with Crippen LogP contribution in [0.25, 0.3) is 0 Å². The third-order valence-corrected chi connectivity index (χ3v) is 2.90. The summed E-state index contributed by atoms with van der Waals surface area (Å²) in [5.74, 6) is 1.32. The molecule has 0 rings (SSSR count). The molecule has 1 amide bonds. The molecule has 0 aromatic carbocycles. The number of nitrogens with zero attached hydrogens (tertiary/aromatic N) is 1. The first-order valence-electron chi connectivity index (χ1n) is 7.59. The van der Waals surface area contributed by atoms with Crippen molar-refractivity contribution in [3.05, 3.63) is 0 Å². The number of amides is 1. The Morgan fingerprint density at radius 2 is 1.71 bits per heavy atom. The monoisotopic (exact) mass is 300 g/mol. The number of hydrogen-bond acceptors (Lipinski definition) is 3. The molecule has 0 aliphatic heterocycles. The second kappa shape index (κ2) is 9.47. The smallest absolute Gasteiger partial charge is 0.407 e. The van der Waals surface area contributed by atoms with Crippen LogP contribution in [0.4, 0.5) is 4.79 Å². The van der Waals surface area contributed by atoms with Crippen LogP contribution in [0, 0.1) is 5.92 Å². The second-order valence-corrected chi connectivity index (χ2v) is 6.46. The number of alkyl carbamates (subject to hydrolysis) is 1. The summed E-state index contributed by atoms with van der Waals surface area (Å²) < 4.78 is 5.16. The molecule has 0 radical (unpaired) electrons. The molecular weight excluding hydrogens is 268 g/mol. The Labute approximate surface area is 129 Å². The van der Waals surface area contributed by atoms with Gasteiger partial charge >= 0.3 is 6.09 Å². The van der Waals surface area contributed by atoms with Crippen LogP contribution in [0.15, 0.2) is 4.99 Å². The van der Waals surface area contributed by atoms with E-state index < -0.39 is 5.60 Å². The minimum atomic E-state index is -0.457. The fraction of sp³-hybridized carbons (Fsp3) is 0.867. The van der Waals surface area contributed by atoms with Crippen molar-refractivity contribution in [2.24, 2.45) is 10.9 Å². The van der Waals surface area contributed by atoms with Crippen molar-refractivity contribution in [2.45, 2.75) is 59.6 Å². The van der Waals surface area contributed by atoms with Gasteiger partial charge in [-0.2, -0.15) is 0 Å². The van der Waals surface area contributed by atoms with Gasteiger partial charge in [-0.1, -0.05) is 13.8 Å². The van der Waals surface area contributed by atoms with Crippen LogP contribution < -0.4 is 16.0 Å². The van der Waals surface area contributed by atoms with Crippen molar-refractivity contribution in [3.8, 4) is 0 Å². The summed E-state index contributed by atoms with van der Waals surface area (Å²) in [6.07, 6.45) is 0.425. The lowest BCUT2D eigenvalue weighted by Crippen LogP contribution is -2.45. The van der Waals surface area contributed by atoms with E-state index in [2.05, 4.69) is 41.7 Å². The number of carbonyl (C=O) groups is 1. The summed E-state index contributed by atoms with van der Waals surface area (Å²) in [7, 11) is 1.75. The fourth-order valence-electron chi connectivity index (χ4n) is 1.38. The van der Waals surface area contributed by atoms with Gasteiger partial charge in [-0.3, -0.25) is 4.99 Å². The van der Waals surface area contributed by atoms with E-state index in [1.54, 1.807) is 7.05 Å².